The van der Waals surface area contributed by atoms with Gasteiger partial charge in [-0.1, -0.05) is 6.42 Å². The van der Waals surface area contributed by atoms with E-state index in [-0.39, 0.29) is 19.4 Å². The Hall–Kier alpha value is -0.330. The first-order chi connectivity index (χ1) is 9.87. The normalized spacial score (nSPS) is 30.9. The molecule has 0 aromatic rings. The molecule has 2 saturated carbocycles. The van der Waals surface area contributed by atoms with Crippen LogP contribution in [0.1, 0.15) is 38.5 Å². The van der Waals surface area contributed by atoms with E-state index in [2.05, 4.69) is 0 Å². The van der Waals surface area contributed by atoms with Gasteiger partial charge in [0.15, 0.2) is 0 Å². The predicted octanol–water partition coefficient (Wildman–Crippen LogP) is 2.79. The highest BCUT2D eigenvalue weighted by molar-refractivity contribution is 4.97. The summed E-state index contributed by atoms with van der Waals surface area (Å²) in [6.45, 7) is 2.28. The monoisotopic (exact) mass is 308 g/mol. The van der Waals surface area contributed by atoms with Gasteiger partial charge >= 0.3 is 6.18 Å². The van der Waals surface area contributed by atoms with E-state index in [0.29, 0.717) is 25.5 Å². The van der Waals surface area contributed by atoms with Crippen molar-refractivity contribution in [2.24, 2.45) is 17.6 Å². The lowest BCUT2D eigenvalue weighted by Crippen LogP contribution is -2.56. The fourth-order valence-electron chi connectivity index (χ4n) is 3.28. The maximum atomic E-state index is 13.0. The van der Waals surface area contributed by atoms with Crippen molar-refractivity contribution in [1.29, 1.82) is 0 Å². The van der Waals surface area contributed by atoms with Crippen molar-refractivity contribution in [2.45, 2.75) is 50.2 Å². The van der Waals surface area contributed by atoms with Gasteiger partial charge in [-0.15, -0.1) is 0 Å². The highest BCUT2D eigenvalue weighted by Crippen LogP contribution is 2.43. The van der Waals surface area contributed by atoms with Gasteiger partial charge in [-0.2, -0.15) is 13.2 Å². The molecular weight excluding hydrogens is 281 g/mol. The quantitative estimate of drug-likeness (QED) is 0.735. The molecule has 21 heavy (non-hydrogen) atoms. The second-order valence-electron chi connectivity index (χ2n) is 6.70. The molecule has 0 aliphatic heterocycles. The van der Waals surface area contributed by atoms with Crippen LogP contribution >= 0.6 is 0 Å². The summed E-state index contributed by atoms with van der Waals surface area (Å²) >= 11 is 0. The van der Waals surface area contributed by atoms with Crippen molar-refractivity contribution in [1.82, 2.24) is 4.90 Å². The third kappa shape index (κ3) is 4.57. The van der Waals surface area contributed by atoms with Crippen LogP contribution in [0.15, 0.2) is 0 Å². The minimum Gasteiger partial charge on any atom is -0.380 e. The van der Waals surface area contributed by atoms with Crippen LogP contribution in [-0.4, -0.2) is 50.0 Å². The number of alkyl halides is 3. The molecule has 2 aliphatic carbocycles. The molecular formula is C15H27F3N2O. The van der Waals surface area contributed by atoms with Crippen LogP contribution in [0.5, 0.6) is 0 Å². The summed E-state index contributed by atoms with van der Waals surface area (Å²) in [5.74, 6) is -0.507. The van der Waals surface area contributed by atoms with Crippen LogP contribution in [-0.2, 0) is 4.74 Å². The summed E-state index contributed by atoms with van der Waals surface area (Å²) in [6.07, 6.45) is 0.0725. The van der Waals surface area contributed by atoms with Gasteiger partial charge in [0.25, 0.3) is 0 Å². The number of halogens is 3. The van der Waals surface area contributed by atoms with Crippen molar-refractivity contribution in [3.8, 4) is 0 Å². The zero-order valence-electron chi connectivity index (χ0n) is 12.8. The number of likely N-dealkylation sites (N-methyl/N-ethyl adjacent to an activating group) is 1. The SMILES string of the molecule is CN(CCOCC1CC1)C1(CN)CCCC(C(F)(F)F)C1. The summed E-state index contributed by atoms with van der Waals surface area (Å²) in [5, 5.41) is 0. The maximum absolute atomic E-state index is 13.0. The minimum absolute atomic E-state index is 0.117. The number of nitrogens with zero attached hydrogens (tertiary/aromatic N) is 1. The fourth-order valence-corrected chi connectivity index (χ4v) is 3.28. The molecule has 0 aromatic heterocycles. The van der Waals surface area contributed by atoms with E-state index in [9.17, 15) is 13.2 Å². The molecule has 0 heterocycles. The van der Waals surface area contributed by atoms with Crippen LogP contribution < -0.4 is 5.73 Å². The van der Waals surface area contributed by atoms with Gasteiger partial charge < -0.3 is 10.5 Å². The number of nitrogens with two attached hydrogens (primary N) is 1. The lowest BCUT2D eigenvalue weighted by atomic mass is 9.74. The minimum atomic E-state index is -4.11. The van der Waals surface area contributed by atoms with Gasteiger partial charge in [-0.3, -0.25) is 4.90 Å². The third-order valence-electron chi connectivity index (χ3n) is 5.10. The molecule has 0 spiro atoms. The van der Waals surface area contributed by atoms with E-state index < -0.39 is 17.6 Å². The summed E-state index contributed by atoms with van der Waals surface area (Å²) in [4.78, 5) is 2.00. The zero-order chi connectivity index (χ0) is 15.5. The van der Waals surface area contributed by atoms with Crippen LogP contribution in [0, 0.1) is 11.8 Å². The van der Waals surface area contributed by atoms with Crippen molar-refractivity contribution >= 4 is 0 Å². The topological polar surface area (TPSA) is 38.5 Å². The van der Waals surface area contributed by atoms with Crippen molar-refractivity contribution < 1.29 is 17.9 Å². The lowest BCUT2D eigenvalue weighted by molar-refractivity contribution is -0.193. The van der Waals surface area contributed by atoms with Gasteiger partial charge in [-0.05, 0) is 45.1 Å². The van der Waals surface area contributed by atoms with Crippen molar-refractivity contribution in [3.05, 3.63) is 0 Å². The van der Waals surface area contributed by atoms with Crippen LogP contribution in [0.2, 0.25) is 0 Å². The lowest BCUT2D eigenvalue weighted by Gasteiger charge is -2.47. The van der Waals surface area contributed by atoms with E-state index in [0.717, 1.165) is 13.0 Å². The molecule has 0 aromatic carbocycles. The first-order valence-corrected chi connectivity index (χ1v) is 7.93. The van der Waals surface area contributed by atoms with Crippen LogP contribution in [0.25, 0.3) is 0 Å². The average Bonchev–Trinajstić information content (AvgIpc) is 3.26. The number of hydrogen-bond acceptors (Lipinski definition) is 3. The Morgan fingerprint density at radius 2 is 2.00 bits per heavy atom. The molecule has 0 radical (unpaired) electrons. The highest BCUT2D eigenvalue weighted by Gasteiger charge is 2.48. The van der Waals surface area contributed by atoms with E-state index in [4.69, 9.17) is 10.5 Å². The van der Waals surface area contributed by atoms with E-state index in [1.165, 1.54) is 12.8 Å². The Morgan fingerprint density at radius 3 is 2.57 bits per heavy atom. The first-order valence-electron chi connectivity index (χ1n) is 7.93. The smallest absolute Gasteiger partial charge is 0.380 e. The van der Waals surface area contributed by atoms with Gasteiger partial charge in [0.05, 0.1) is 12.5 Å². The molecule has 2 N–H and O–H groups in total. The van der Waals surface area contributed by atoms with Crippen LogP contribution in [0.4, 0.5) is 13.2 Å². The average molecular weight is 308 g/mol. The molecule has 2 fully saturated rings. The Kier molecular flexibility index (Phi) is 5.54. The fraction of sp³-hybridized carbons (Fsp3) is 1.00. The Balaban J connectivity index is 1.85. The molecule has 0 amide bonds. The molecule has 0 saturated heterocycles. The predicted molar refractivity (Wildman–Crippen MR) is 76.0 cm³/mol. The molecule has 124 valence electrons. The Morgan fingerprint density at radius 1 is 1.29 bits per heavy atom. The van der Waals surface area contributed by atoms with Crippen molar-refractivity contribution in [3.63, 3.8) is 0 Å². The first kappa shape index (κ1) is 17.0. The molecule has 3 nitrogen and oxygen atoms in total. The summed E-state index contributed by atoms with van der Waals surface area (Å²) in [7, 11) is 1.88. The van der Waals surface area contributed by atoms with E-state index >= 15 is 0 Å². The maximum Gasteiger partial charge on any atom is 0.391 e. The van der Waals surface area contributed by atoms with Crippen molar-refractivity contribution in [2.75, 3.05) is 33.4 Å². The van der Waals surface area contributed by atoms with Gasteiger partial charge in [0.1, 0.15) is 0 Å². The highest BCUT2D eigenvalue weighted by atomic mass is 19.4. The molecule has 2 rings (SSSR count). The second kappa shape index (κ2) is 6.84. The molecule has 2 aliphatic rings. The third-order valence-corrected chi connectivity index (χ3v) is 5.10. The number of rotatable bonds is 7. The standard InChI is InChI=1S/C15H27F3N2O/c1-20(7-8-21-10-12-4-5-12)14(11-19)6-2-3-13(9-14)15(16,17)18/h12-13H,2-11,19H2,1H3. The second-order valence-corrected chi connectivity index (χ2v) is 6.70. The van der Waals surface area contributed by atoms with Crippen LogP contribution in [0.3, 0.4) is 0 Å². The largest absolute Gasteiger partial charge is 0.391 e. The van der Waals surface area contributed by atoms with E-state index in [1.807, 2.05) is 11.9 Å². The van der Waals surface area contributed by atoms with Gasteiger partial charge in [0.2, 0.25) is 0 Å². The number of ether oxygens (including phenoxy) is 1. The molecule has 0 bridgehead atoms. The van der Waals surface area contributed by atoms with Gasteiger partial charge in [-0.25, -0.2) is 0 Å². The van der Waals surface area contributed by atoms with Gasteiger partial charge in [0, 0.05) is 25.2 Å². The Bertz CT molecular complexity index is 333. The summed E-state index contributed by atoms with van der Waals surface area (Å²) < 4.78 is 44.6. The zero-order valence-corrected chi connectivity index (χ0v) is 12.8. The van der Waals surface area contributed by atoms with E-state index in [1.54, 1.807) is 0 Å². The summed E-state index contributed by atoms with van der Waals surface area (Å²) in [5.41, 5.74) is 5.33. The molecule has 2 atom stereocenters. The number of hydrogen-bond donors (Lipinski definition) is 1. The summed E-state index contributed by atoms with van der Waals surface area (Å²) in [6, 6.07) is 0. The Labute approximate surface area is 125 Å². The molecule has 2 unspecified atom stereocenters. The molecule has 6 heteroatoms.